The van der Waals surface area contributed by atoms with Crippen LogP contribution in [0.3, 0.4) is 0 Å². The van der Waals surface area contributed by atoms with E-state index in [-0.39, 0.29) is 17.4 Å². The van der Waals surface area contributed by atoms with Crippen LogP contribution < -0.4 is 15.1 Å². The van der Waals surface area contributed by atoms with E-state index >= 15 is 0 Å². The molecule has 0 amide bonds. The predicted molar refractivity (Wildman–Crippen MR) is 132 cm³/mol. The van der Waals surface area contributed by atoms with Crippen LogP contribution in [0.4, 0.5) is 13.2 Å². The van der Waals surface area contributed by atoms with Crippen LogP contribution in [-0.2, 0) is 12.8 Å². The molecule has 0 unspecified atom stereocenters. The number of ether oxygens (including phenoxy) is 2. The summed E-state index contributed by atoms with van der Waals surface area (Å²) in [5.74, 6) is 0.798. The van der Waals surface area contributed by atoms with Gasteiger partial charge in [0, 0.05) is 37.3 Å². The second-order valence-corrected chi connectivity index (χ2v) is 8.27. The van der Waals surface area contributed by atoms with E-state index in [1.807, 2.05) is 6.07 Å². The molecule has 0 atom stereocenters. The molecule has 4 rings (SSSR count). The first-order chi connectivity index (χ1) is 17.7. The average molecular weight is 528 g/mol. The number of aryl methyl sites for hydroxylation is 1. The lowest BCUT2D eigenvalue weighted by atomic mass is 10.1. The van der Waals surface area contributed by atoms with Crippen LogP contribution in [0.2, 0.25) is 5.02 Å². The van der Waals surface area contributed by atoms with Gasteiger partial charge in [-0.05, 0) is 48.4 Å². The van der Waals surface area contributed by atoms with E-state index in [0.717, 1.165) is 23.3 Å². The summed E-state index contributed by atoms with van der Waals surface area (Å²) in [6.45, 7) is 6.05. The summed E-state index contributed by atoms with van der Waals surface area (Å²) in [7, 11) is 1.61. The standard InChI is InChI=1S/C26H21ClF3N5O2/c1-16-10-18(4-7-23(16)37-20-5-6-22(27)21(11-20)26(28,29)30)14-36-24-8-9-35(25(31-3)34-24)17(2)19-12-32-15-33-13-19/h4-13,15H,2,14H2,1,3H3. The topological polar surface area (TPSA) is 74.4 Å². The van der Waals surface area contributed by atoms with Crippen molar-refractivity contribution in [1.29, 1.82) is 0 Å². The number of aromatic nitrogens is 4. The van der Waals surface area contributed by atoms with E-state index in [9.17, 15) is 13.2 Å². The molecule has 0 aliphatic carbocycles. The molecule has 0 saturated carbocycles. The predicted octanol–water partition coefficient (Wildman–Crippen LogP) is 6.07. The molecule has 0 radical (unpaired) electrons. The van der Waals surface area contributed by atoms with Crippen LogP contribution in [0.25, 0.3) is 5.70 Å². The summed E-state index contributed by atoms with van der Waals surface area (Å²) < 4.78 is 52.6. The van der Waals surface area contributed by atoms with Crippen LogP contribution in [0.15, 0.2) is 79.0 Å². The normalized spacial score (nSPS) is 11.9. The van der Waals surface area contributed by atoms with Crippen molar-refractivity contribution in [3.05, 3.63) is 107 Å². The van der Waals surface area contributed by atoms with Crippen molar-refractivity contribution < 1.29 is 22.6 Å². The van der Waals surface area contributed by atoms with Crippen molar-refractivity contribution >= 4 is 17.3 Å². The number of halogens is 4. The fourth-order valence-electron chi connectivity index (χ4n) is 3.42. The minimum Gasteiger partial charge on any atom is -0.473 e. The Bertz CT molecular complexity index is 1500. The number of benzene rings is 2. The van der Waals surface area contributed by atoms with Crippen LogP contribution in [0, 0.1) is 6.92 Å². The van der Waals surface area contributed by atoms with Gasteiger partial charge in [-0.15, -0.1) is 0 Å². The molecule has 0 N–H and O–H groups in total. The molecule has 0 bridgehead atoms. The summed E-state index contributed by atoms with van der Waals surface area (Å²) in [6.07, 6.45) is 1.88. The third-order valence-corrected chi connectivity index (χ3v) is 5.60. The zero-order valence-corrected chi connectivity index (χ0v) is 20.6. The van der Waals surface area contributed by atoms with Gasteiger partial charge in [-0.25, -0.2) is 9.97 Å². The molecule has 190 valence electrons. The van der Waals surface area contributed by atoms with Gasteiger partial charge in [0.1, 0.15) is 24.4 Å². The molecular weight excluding hydrogens is 507 g/mol. The number of hydrogen-bond donors (Lipinski definition) is 0. The Balaban J connectivity index is 1.46. The van der Waals surface area contributed by atoms with Crippen LogP contribution >= 0.6 is 11.6 Å². The first kappa shape index (κ1) is 25.9. The van der Waals surface area contributed by atoms with Gasteiger partial charge in [-0.3, -0.25) is 9.56 Å². The van der Waals surface area contributed by atoms with E-state index in [2.05, 4.69) is 26.5 Å². The Morgan fingerprint density at radius 2 is 1.86 bits per heavy atom. The summed E-state index contributed by atoms with van der Waals surface area (Å²) in [4.78, 5) is 16.6. The van der Waals surface area contributed by atoms with E-state index in [0.29, 0.717) is 28.5 Å². The Kier molecular flexibility index (Phi) is 7.58. The molecule has 11 heteroatoms. The van der Waals surface area contributed by atoms with Gasteiger partial charge in [0.2, 0.25) is 11.5 Å². The molecule has 0 aliphatic heterocycles. The third-order valence-electron chi connectivity index (χ3n) is 5.27. The highest BCUT2D eigenvalue weighted by Crippen LogP contribution is 2.38. The fourth-order valence-corrected chi connectivity index (χ4v) is 3.64. The van der Waals surface area contributed by atoms with Gasteiger partial charge in [0.05, 0.1) is 16.3 Å². The average Bonchev–Trinajstić information content (AvgIpc) is 2.89. The number of rotatable bonds is 7. The lowest BCUT2D eigenvalue weighted by molar-refractivity contribution is -0.137. The Morgan fingerprint density at radius 1 is 1.11 bits per heavy atom. The van der Waals surface area contributed by atoms with Crippen molar-refractivity contribution in [2.24, 2.45) is 4.99 Å². The smallest absolute Gasteiger partial charge is 0.417 e. The summed E-state index contributed by atoms with van der Waals surface area (Å²) >= 11 is 5.68. The molecule has 7 nitrogen and oxygen atoms in total. The summed E-state index contributed by atoms with van der Waals surface area (Å²) in [5, 5.41) is -0.387. The highest BCUT2D eigenvalue weighted by molar-refractivity contribution is 6.31. The zero-order valence-electron chi connectivity index (χ0n) is 19.8. The van der Waals surface area contributed by atoms with Gasteiger partial charge < -0.3 is 9.47 Å². The number of hydrogen-bond acceptors (Lipinski definition) is 6. The Labute approximate surface area is 215 Å². The maximum absolute atomic E-state index is 13.1. The highest BCUT2D eigenvalue weighted by atomic mass is 35.5. The van der Waals surface area contributed by atoms with Crippen LogP contribution in [-0.4, -0.2) is 26.6 Å². The van der Waals surface area contributed by atoms with Crippen LogP contribution in [0.5, 0.6) is 17.4 Å². The maximum Gasteiger partial charge on any atom is 0.417 e. The van der Waals surface area contributed by atoms with Gasteiger partial charge in [-0.2, -0.15) is 18.2 Å². The lowest BCUT2D eigenvalue weighted by Crippen LogP contribution is -2.24. The molecular formula is C26H21ClF3N5O2. The lowest BCUT2D eigenvalue weighted by Gasteiger charge is -2.14. The largest absolute Gasteiger partial charge is 0.473 e. The second-order valence-electron chi connectivity index (χ2n) is 7.86. The Morgan fingerprint density at radius 3 is 2.54 bits per heavy atom. The van der Waals surface area contributed by atoms with Gasteiger partial charge >= 0.3 is 6.18 Å². The molecule has 2 aromatic heterocycles. The van der Waals surface area contributed by atoms with Gasteiger partial charge in [0.25, 0.3) is 0 Å². The molecule has 0 fully saturated rings. The molecule has 2 heterocycles. The minimum absolute atomic E-state index is 0.0325. The third kappa shape index (κ3) is 6.15. The molecule has 0 aliphatic rings. The van der Waals surface area contributed by atoms with Crippen molar-refractivity contribution in [2.45, 2.75) is 19.7 Å². The molecule has 0 saturated heterocycles. The van der Waals surface area contributed by atoms with E-state index in [1.54, 1.807) is 55.3 Å². The molecule has 4 aromatic rings. The van der Waals surface area contributed by atoms with E-state index in [4.69, 9.17) is 21.1 Å². The van der Waals surface area contributed by atoms with E-state index < -0.39 is 11.7 Å². The Hall–Kier alpha value is -4.18. The zero-order chi connectivity index (χ0) is 26.6. The molecule has 37 heavy (non-hydrogen) atoms. The molecule has 0 spiro atoms. The van der Waals surface area contributed by atoms with Crippen molar-refractivity contribution in [1.82, 2.24) is 19.5 Å². The quantitative estimate of drug-likeness (QED) is 0.291. The SMILES string of the molecule is C=C(c1cncnc1)n1ccc(OCc2ccc(Oc3ccc(Cl)c(C(F)(F)F)c3)c(C)c2)nc1=NC. The number of alkyl halides is 3. The van der Waals surface area contributed by atoms with Crippen LogP contribution in [0.1, 0.15) is 22.3 Å². The highest BCUT2D eigenvalue weighted by Gasteiger charge is 2.33. The minimum atomic E-state index is -4.58. The summed E-state index contributed by atoms with van der Waals surface area (Å²) in [6, 6.07) is 10.4. The first-order valence-electron chi connectivity index (χ1n) is 10.9. The van der Waals surface area contributed by atoms with Gasteiger partial charge in [-0.1, -0.05) is 24.2 Å². The monoisotopic (exact) mass is 527 g/mol. The van der Waals surface area contributed by atoms with Crippen molar-refractivity contribution in [2.75, 3.05) is 7.05 Å². The second kappa shape index (κ2) is 10.8. The number of nitrogens with zero attached hydrogens (tertiary/aromatic N) is 5. The van der Waals surface area contributed by atoms with E-state index in [1.165, 1.54) is 12.4 Å². The first-order valence-corrected chi connectivity index (χ1v) is 11.3. The summed E-state index contributed by atoms with van der Waals surface area (Å²) in [5.41, 5.74) is 2.29. The van der Waals surface area contributed by atoms with Gasteiger partial charge in [0.15, 0.2) is 0 Å². The molecule has 2 aromatic carbocycles. The van der Waals surface area contributed by atoms with Crippen molar-refractivity contribution in [3.63, 3.8) is 0 Å². The van der Waals surface area contributed by atoms with Crippen molar-refractivity contribution in [3.8, 4) is 17.4 Å². The fraction of sp³-hybridized carbons (Fsp3) is 0.154. The maximum atomic E-state index is 13.1.